The third kappa shape index (κ3) is 4.32. The van der Waals surface area contributed by atoms with Crippen LogP contribution in [-0.4, -0.2) is 21.0 Å². The monoisotopic (exact) mass is 462 g/mol. The number of aryl methyl sites for hydroxylation is 1. The zero-order chi connectivity index (χ0) is 22.9. The number of halogens is 3. The minimum absolute atomic E-state index is 0.0553. The van der Waals surface area contributed by atoms with Crippen molar-refractivity contribution in [2.45, 2.75) is 30.2 Å². The van der Waals surface area contributed by atoms with Crippen molar-refractivity contribution in [2.75, 3.05) is 7.11 Å². The van der Waals surface area contributed by atoms with E-state index in [2.05, 4.69) is 16.3 Å². The Labute approximate surface area is 184 Å². The van der Waals surface area contributed by atoms with E-state index >= 15 is 0 Å². The van der Waals surface area contributed by atoms with Crippen LogP contribution >= 0.6 is 0 Å². The molecular weight excluding hydrogens is 441 g/mol. The van der Waals surface area contributed by atoms with Crippen LogP contribution in [0.4, 0.5) is 13.2 Å². The molecule has 0 saturated carbocycles. The van der Waals surface area contributed by atoms with E-state index in [1.807, 2.05) is 36.4 Å². The van der Waals surface area contributed by atoms with E-state index in [0.717, 1.165) is 35.3 Å². The number of hydrogen-bond donors (Lipinski definition) is 0. The van der Waals surface area contributed by atoms with Gasteiger partial charge in [0.25, 0.3) is 0 Å². The maximum atomic E-state index is 12.6. The van der Waals surface area contributed by atoms with Crippen molar-refractivity contribution in [1.82, 2.24) is 0 Å². The zero-order valence-corrected chi connectivity index (χ0v) is 18.0. The summed E-state index contributed by atoms with van der Waals surface area (Å²) in [5.74, 6) is 0.484. The molecule has 0 heterocycles. The molecule has 0 saturated heterocycles. The van der Waals surface area contributed by atoms with Crippen LogP contribution in [0.5, 0.6) is 11.5 Å². The molecule has 0 bridgehead atoms. The molecule has 0 amide bonds. The molecule has 2 atom stereocenters. The summed E-state index contributed by atoms with van der Waals surface area (Å²) in [7, 11) is -4.10. The molecule has 8 heteroatoms. The van der Waals surface area contributed by atoms with Crippen LogP contribution in [0.1, 0.15) is 40.5 Å². The molecule has 0 fully saturated rings. The lowest BCUT2D eigenvalue weighted by molar-refractivity contribution is -0.0500. The van der Waals surface area contributed by atoms with Gasteiger partial charge in [-0.2, -0.15) is 21.6 Å². The van der Waals surface area contributed by atoms with Gasteiger partial charge in [0.1, 0.15) is 11.5 Å². The van der Waals surface area contributed by atoms with Crippen LogP contribution in [0.2, 0.25) is 0 Å². The maximum Gasteiger partial charge on any atom is 0.534 e. The molecule has 3 aromatic carbocycles. The first-order valence-electron chi connectivity index (χ1n) is 10.0. The van der Waals surface area contributed by atoms with Gasteiger partial charge in [-0.05, 0) is 65.3 Å². The highest BCUT2D eigenvalue weighted by Crippen LogP contribution is 2.47. The lowest BCUT2D eigenvalue weighted by atomic mass is 9.69. The average Bonchev–Trinajstić information content (AvgIpc) is 2.78. The number of rotatable bonds is 5. The summed E-state index contributed by atoms with van der Waals surface area (Å²) in [5, 5.41) is 0. The summed E-state index contributed by atoms with van der Waals surface area (Å²) in [6.07, 6.45) is 1.75. The Bertz CT molecular complexity index is 1190. The SMILES string of the molecule is COc1ccc2c(c1)CC[C@H](c1ccccc1)[C@@H]2c1ccc(OS(=O)(=O)C(F)(F)F)cc1. The lowest BCUT2D eigenvalue weighted by Crippen LogP contribution is -2.28. The average molecular weight is 462 g/mol. The van der Waals surface area contributed by atoms with Crippen LogP contribution < -0.4 is 8.92 Å². The van der Waals surface area contributed by atoms with Gasteiger partial charge in [0.15, 0.2) is 0 Å². The second-order valence-electron chi connectivity index (χ2n) is 7.65. The normalized spacial score (nSPS) is 18.6. The minimum Gasteiger partial charge on any atom is -0.497 e. The van der Waals surface area contributed by atoms with Crippen LogP contribution in [0, 0.1) is 0 Å². The molecule has 0 spiro atoms. The van der Waals surface area contributed by atoms with E-state index in [9.17, 15) is 21.6 Å². The van der Waals surface area contributed by atoms with E-state index < -0.39 is 15.6 Å². The van der Waals surface area contributed by atoms with E-state index in [-0.39, 0.29) is 17.6 Å². The fraction of sp³-hybridized carbons (Fsp3) is 0.250. The molecule has 32 heavy (non-hydrogen) atoms. The number of ether oxygens (including phenoxy) is 1. The van der Waals surface area contributed by atoms with Gasteiger partial charge in [-0.3, -0.25) is 0 Å². The van der Waals surface area contributed by atoms with E-state index in [1.54, 1.807) is 19.2 Å². The van der Waals surface area contributed by atoms with Crippen molar-refractivity contribution >= 4 is 10.1 Å². The Morgan fingerprint density at radius 2 is 1.53 bits per heavy atom. The van der Waals surface area contributed by atoms with Gasteiger partial charge in [-0.25, -0.2) is 0 Å². The fourth-order valence-electron chi connectivity index (χ4n) is 4.30. The van der Waals surface area contributed by atoms with Crippen LogP contribution in [-0.2, 0) is 16.5 Å². The second-order valence-corrected chi connectivity index (χ2v) is 9.19. The molecule has 4 rings (SSSR count). The molecule has 168 valence electrons. The largest absolute Gasteiger partial charge is 0.534 e. The van der Waals surface area contributed by atoms with E-state index in [4.69, 9.17) is 4.74 Å². The Balaban J connectivity index is 1.73. The number of alkyl halides is 3. The highest BCUT2D eigenvalue weighted by molar-refractivity contribution is 7.88. The van der Waals surface area contributed by atoms with Gasteiger partial charge in [0, 0.05) is 5.92 Å². The van der Waals surface area contributed by atoms with Gasteiger partial charge in [0.2, 0.25) is 0 Å². The second kappa shape index (κ2) is 8.50. The quantitative estimate of drug-likeness (QED) is 0.356. The summed E-state index contributed by atoms with van der Waals surface area (Å²) in [6, 6.07) is 21.8. The molecule has 0 aliphatic heterocycles. The zero-order valence-electron chi connectivity index (χ0n) is 17.2. The summed E-state index contributed by atoms with van der Waals surface area (Å²) in [6.45, 7) is 0. The predicted octanol–water partition coefficient (Wildman–Crippen LogP) is 5.79. The number of fused-ring (bicyclic) bond motifs is 1. The van der Waals surface area contributed by atoms with Crippen LogP contribution in [0.3, 0.4) is 0 Å². The molecule has 3 aromatic rings. The number of benzene rings is 3. The number of methoxy groups -OCH3 is 1. The van der Waals surface area contributed by atoms with Crippen molar-refractivity contribution in [1.29, 1.82) is 0 Å². The van der Waals surface area contributed by atoms with E-state index in [1.165, 1.54) is 17.7 Å². The Hall–Kier alpha value is -3.00. The molecule has 1 aliphatic carbocycles. The van der Waals surface area contributed by atoms with Gasteiger partial charge in [-0.1, -0.05) is 48.5 Å². The highest BCUT2D eigenvalue weighted by atomic mass is 32.2. The Morgan fingerprint density at radius 1 is 0.875 bits per heavy atom. The third-order valence-corrected chi connectivity index (χ3v) is 6.75. The summed E-state index contributed by atoms with van der Waals surface area (Å²) in [4.78, 5) is 0. The predicted molar refractivity (Wildman–Crippen MR) is 114 cm³/mol. The van der Waals surface area contributed by atoms with Crippen molar-refractivity contribution in [2.24, 2.45) is 0 Å². The molecule has 0 aromatic heterocycles. The smallest absolute Gasteiger partial charge is 0.497 e. The Kier molecular flexibility index (Phi) is 5.90. The molecular formula is C24H21F3O4S. The van der Waals surface area contributed by atoms with Crippen molar-refractivity contribution in [3.05, 3.63) is 95.1 Å². The molecule has 0 N–H and O–H groups in total. The third-order valence-electron chi connectivity index (χ3n) is 5.77. The lowest BCUT2D eigenvalue weighted by Gasteiger charge is -2.35. The summed E-state index contributed by atoms with van der Waals surface area (Å²) < 4.78 is 70.1. The van der Waals surface area contributed by atoms with Crippen molar-refractivity contribution in [3.63, 3.8) is 0 Å². The van der Waals surface area contributed by atoms with Crippen LogP contribution in [0.15, 0.2) is 72.8 Å². The molecule has 0 unspecified atom stereocenters. The first kappa shape index (κ1) is 22.2. The molecule has 0 radical (unpaired) electrons. The molecule has 1 aliphatic rings. The summed E-state index contributed by atoms with van der Waals surface area (Å²) >= 11 is 0. The Morgan fingerprint density at radius 3 is 2.16 bits per heavy atom. The first-order valence-corrected chi connectivity index (χ1v) is 11.4. The van der Waals surface area contributed by atoms with Gasteiger partial charge >= 0.3 is 15.6 Å². The van der Waals surface area contributed by atoms with Crippen molar-refractivity contribution < 1.29 is 30.5 Å². The fourth-order valence-corrected chi connectivity index (χ4v) is 4.76. The van der Waals surface area contributed by atoms with Gasteiger partial charge in [-0.15, -0.1) is 0 Å². The minimum atomic E-state index is -5.71. The van der Waals surface area contributed by atoms with Crippen LogP contribution in [0.25, 0.3) is 0 Å². The van der Waals surface area contributed by atoms with E-state index in [0.29, 0.717) is 0 Å². The first-order chi connectivity index (χ1) is 15.2. The molecule has 4 nitrogen and oxygen atoms in total. The topological polar surface area (TPSA) is 52.6 Å². The highest BCUT2D eigenvalue weighted by Gasteiger charge is 2.48. The van der Waals surface area contributed by atoms with Gasteiger partial charge < -0.3 is 8.92 Å². The van der Waals surface area contributed by atoms with Crippen molar-refractivity contribution in [3.8, 4) is 11.5 Å². The maximum absolute atomic E-state index is 12.6. The number of hydrogen-bond acceptors (Lipinski definition) is 4. The van der Waals surface area contributed by atoms with Gasteiger partial charge in [0.05, 0.1) is 7.11 Å². The standard InChI is InChI=1S/C24H21F3O4S/c1-30-20-12-14-22-18(15-20)9-13-21(16-5-3-2-4-6-16)23(22)17-7-10-19(11-8-17)31-32(28,29)24(25,26)27/h2-8,10-12,14-15,21,23H,9,13H2,1H3/t21-,23+/m1/s1. The summed E-state index contributed by atoms with van der Waals surface area (Å²) in [5.41, 5.74) is -1.18.